The summed E-state index contributed by atoms with van der Waals surface area (Å²) in [6.45, 7) is 5.75. The van der Waals surface area contributed by atoms with Crippen LogP contribution in [0.25, 0.3) is 0 Å². The molecule has 0 aromatic rings. The van der Waals surface area contributed by atoms with E-state index in [1.807, 2.05) is 0 Å². The second-order valence-electron chi connectivity index (χ2n) is 2.31. The Morgan fingerprint density at radius 2 is 2.50 bits per heavy atom. The van der Waals surface area contributed by atoms with Crippen LogP contribution in [-0.4, -0.2) is 11.2 Å². The third-order valence-electron chi connectivity index (χ3n) is 1.39. The van der Waals surface area contributed by atoms with Crippen LogP contribution in [0.4, 0.5) is 0 Å². The van der Waals surface area contributed by atoms with Crippen LogP contribution in [0.2, 0.25) is 0 Å². The summed E-state index contributed by atoms with van der Waals surface area (Å²) < 4.78 is 0. The van der Waals surface area contributed by atoms with E-state index >= 15 is 0 Å². The Balaban J connectivity index is 2.46. The number of nitrogens with one attached hydrogen (secondary N) is 1. The fourth-order valence-corrected chi connectivity index (χ4v) is 1.95. The molecule has 1 unspecified atom stereocenters. The summed E-state index contributed by atoms with van der Waals surface area (Å²) in [7, 11) is 0. The number of hydrogen-bond donors (Lipinski definition) is 1. The topological polar surface area (TPSA) is 29.1 Å². The maximum atomic E-state index is 11.0. The highest BCUT2D eigenvalue weighted by molar-refractivity contribution is 8.04. The van der Waals surface area contributed by atoms with E-state index in [4.69, 9.17) is 0 Å². The van der Waals surface area contributed by atoms with Crippen molar-refractivity contribution in [3.63, 3.8) is 0 Å². The van der Waals surface area contributed by atoms with Gasteiger partial charge in [-0.3, -0.25) is 4.79 Å². The zero-order valence-corrected chi connectivity index (χ0v) is 6.83. The molecule has 1 aliphatic heterocycles. The van der Waals surface area contributed by atoms with Crippen molar-refractivity contribution in [2.45, 2.75) is 25.0 Å². The zero-order chi connectivity index (χ0) is 7.56. The van der Waals surface area contributed by atoms with Gasteiger partial charge in [-0.25, -0.2) is 0 Å². The predicted octanol–water partition coefficient (Wildman–Crippen LogP) is 1.49. The Morgan fingerprint density at radius 3 is 2.90 bits per heavy atom. The zero-order valence-electron chi connectivity index (χ0n) is 6.02. The van der Waals surface area contributed by atoms with Crippen LogP contribution in [0, 0.1) is 0 Å². The minimum atomic E-state index is 0.122. The first-order valence-corrected chi connectivity index (χ1v) is 4.28. The first kappa shape index (κ1) is 7.66. The molecule has 1 rings (SSSR count). The van der Waals surface area contributed by atoms with Crippen LogP contribution in [0.3, 0.4) is 0 Å². The molecule has 56 valence electrons. The van der Waals surface area contributed by atoms with Gasteiger partial charge in [0.25, 0.3) is 0 Å². The van der Waals surface area contributed by atoms with E-state index in [0.29, 0.717) is 0 Å². The molecule has 1 atom stereocenters. The first-order valence-electron chi connectivity index (χ1n) is 3.40. The molecule has 0 spiro atoms. The molecule has 0 saturated carbocycles. The summed E-state index contributed by atoms with van der Waals surface area (Å²) in [6.07, 6.45) is 2.01. The minimum Gasteiger partial charge on any atom is -0.320 e. The highest BCUT2D eigenvalue weighted by Gasteiger charge is 2.26. The summed E-state index contributed by atoms with van der Waals surface area (Å²) in [5.41, 5.74) is 0. The minimum absolute atomic E-state index is 0.122. The molecule has 1 saturated heterocycles. The molecule has 1 amide bonds. The Kier molecular flexibility index (Phi) is 2.38. The molecule has 0 aliphatic carbocycles. The second-order valence-corrected chi connectivity index (χ2v) is 3.61. The van der Waals surface area contributed by atoms with Crippen LogP contribution in [0.15, 0.2) is 11.6 Å². The van der Waals surface area contributed by atoms with Crippen LogP contribution in [-0.2, 0) is 4.79 Å². The maximum absolute atomic E-state index is 11.0. The smallest absolute Gasteiger partial charge is 0.238 e. The van der Waals surface area contributed by atoms with Crippen molar-refractivity contribution in [2.75, 3.05) is 0 Å². The lowest BCUT2D eigenvalue weighted by molar-refractivity contribution is -0.119. The average Bonchev–Trinajstić information content (AvgIpc) is 2.13. The van der Waals surface area contributed by atoms with Gasteiger partial charge >= 0.3 is 0 Å². The van der Waals surface area contributed by atoms with Crippen molar-refractivity contribution < 1.29 is 4.79 Å². The normalized spacial score (nSPS) is 25.1. The summed E-state index contributed by atoms with van der Waals surface area (Å²) in [5, 5.41) is 3.60. The SMILES string of the molecule is C=C1NC(=O)C(CCC)S1. The van der Waals surface area contributed by atoms with Gasteiger partial charge in [-0.15, -0.1) is 0 Å². The molecule has 10 heavy (non-hydrogen) atoms. The molecule has 0 bridgehead atoms. The van der Waals surface area contributed by atoms with Gasteiger partial charge in [0.15, 0.2) is 0 Å². The maximum Gasteiger partial charge on any atom is 0.238 e. The summed E-state index contributed by atoms with van der Waals surface area (Å²) >= 11 is 1.54. The van der Waals surface area contributed by atoms with Gasteiger partial charge in [-0.05, 0) is 6.42 Å². The molecular weight excluding hydrogens is 146 g/mol. The number of carbonyl (C=O) groups is 1. The molecular formula is C7H11NOS. The number of amides is 1. The van der Waals surface area contributed by atoms with E-state index < -0.39 is 0 Å². The monoisotopic (exact) mass is 157 g/mol. The lowest BCUT2D eigenvalue weighted by Crippen LogP contribution is -2.21. The molecule has 0 aromatic carbocycles. The molecule has 2 nitrogen and oxygen atoms in total. The molecule has 1 fully saturated rings. The fourth-order valence-electron chi connectivity index (χ4n) is 0.925. The largest absolute Gasteiger partial charge is 0.320 e. The lowest BCUT2D eigenvalue weighted by Gasteiger charge is -1.99. The van der Waals surface area contributed by atoms with E-state index in [1.54, 1.807) is 11.8 Å². The van der Waals surface area contributed by atoms with Gasteiger partial charge in [0, 0.05) is 0 Å². The average molecular weight is 157 g/mol. The first-order chi connectivity index (χ1) is 4.74. The van der Waals surface area contributed by atoms with Crippen molar-refractivity contribution in [1.82, 2.24) is 5.32 Å². The lowest BCUT2D eigenvalue weighted by atomic mass is 10.2. The van der Waals surface area contributed by atoms with Crippen molar-refractivity contribution in [2.24, 2.45) is 0 Å². The number of thioether (sulfide) groups is 1. The van der Waals surface area contributed by atoms with Crippen LogP contribution < -0.4 is 5.32 Å². The second kappa shape index (κ2) is 3.10. The van der Waals surface area contributed by atoms with Gasteiger partial charge in [0.1, 0.15) is 0 Å². The standard InChI is InChI=1S/C7H11NOS/c1-3-4-6-7(9)8-5(2)10-6/h6H,2-4H2,1H3,(H,8,9). The Morgan fingerprint density at radius 1 is 1.80 bits per heavy atom. The van der Waals surface area contributed by atoms with Crippen LogP contribution in [0.1, 0.15) is 19.8 Å². The van der Waals surface area contributed by atoms with Gasteiger partial charge < -0.3 is 5.32 Å². The van der Waals surface area contributed by atoms with Gasteiger partial charge in [0.05, 0.1) is 10.3 Å². The van der Waals surface area contributed by atoms with Crippen molar-refractivity contribution in [3.8, 4) is 0 Å². The Bertz CT molecular complexity index is 167. The highest BCUT2D eigenvalue weighted by Crippen LogP contribution is 2.28. The number of hydrogen-bond acceptors (Lipinski definition) is 2. The van der Waals surface area contributed by atoms with Gasteiger partial charge in [-0.1, -0.05) is 31.7 Å². The summed E-state index contributed by atoms with van der Waals surface area (Å²) in [6, 6.07) is 0. The van der Waals surface area contributed by atoms with E-state index in [1.165, 1.54) is 0 Å². The van der Waals surface area contributed by atoms with Gasteiger partial charge in [0.2, 0.25) is 5.91 Å². The molecule has 0 aromatic heterocycles. The third kappa shape index (κ3) is 1.53. The molecule has 1 heterocycles. The Hall–Kier alpha value is -0.440. The third-order valence-corrected chi connectivity index (χ3v) is 2.51. The van der Waals surface area contributed by atoms with E-state index in [9.17, 15) is 4.79 Å². The fraction of sp³-hybridized carbons (Fsp3) is 0.571. The quantitative estimate of drug-likeness (QED) is 0.658. The Labute approximate surface area is 65.1 Å². The van der Waals surface area contributed by atoms with Crippen LogP contribution in [0.5, 0.6) is 0 Å². The molecule has 0 radical (unpaired) electrons. The molecule has 1 N–H and O–H groups in total. The van der Waals surface area contributed by atoms with Gasteiger partial charge in [-0.2, -0.15) is 0 Å². The highest BCUT2D eigenvalue weighted by atomic mass is 32.2. The van der Waals surface area contributed by atoms with Crippen LogP contribution >= 0.6 is 11.8 Å². The summed E-state index contributed by atoms with van der Waals surface area (Å²) in [4.78, 5) is 11.0. The number of carbonyl (C=O) groups excluding carboxylic acids is 1. The van der Waals surface area contributed by atoms with Crippen molar-refractivity contribution >= 4 is 17.7 Å². The number of rotatable bonds is 2. The van der Waals surface area contributed by atoms with Crippen molar-refractivity contribution in [1.29, 1.82) is 0 Å². The summed E-state index contributed by atoms with van der Waals surface area (Å²) in [5.74, 6) is 0.122. The van der Waals surface area contributed by atoms with Crippen molar-refractivity contribution in [3.05, 3.63) is 11.6 Å². The van der Waals surface area contributed by atoms with E-state index in [2.05, 4.69) is 18.8 Å². The predicted molar refractivity (Wildman–Crippen MR) is 43.6 cm³/mol. The van der Waals surface area contributed by atoms with E-state index in [0.717, 1.165) is 17.9 Å². The molecule has 3 heteroatoms. The molecule has 1 aliphatic rings. The van der Waals surface area contributed by atoms with E-state index in [-0.39, 0.29) is 11.2 Å².